The minimum Gasteiger partial charge on any atom is -0.334 e. The summed E-state index contributed by atoms with van der Waals surface area (Å²) in [6.45, 7) is 3.62. The Kier molecular flexibility index (Phi) is 8.59. The Morgan fingerprint density at radius 2 is 1.61 bits per heavy atom. The maximum Gasteiger partial charge on any atom is 0.416 e. The molecule has 0 bridgehead atoms. The van der Waals surface area contributed by atoms with Crippen LogP contribution in [0, 0.1) is 0 Å². The first-order chi connectivity index (χ1) is 16.8. The van der Waals surface area contributed by atoms with E-state index in [1.165, 1.54) is 36.4 Å². The molecule has 0 aliphatic carbocycles. The van der Waals surface area contributed by atoms with E-state index in [2.05, 4.69) is 16.0 Å². The third-order valence-corrected chi connectivity index (χ3v) is 8.02. The van der Waals surface area contributed by atoms with Gasteiger partial charge in [-0.2, -0.15) is 13.2 Å². The number of nitrogens with one attached hydrogen (secondary N) is 2. The maximum atomic E-state index is 12.9. The zero-order valence-corrected chi connectivity index (χ0v) is 20.8. The van der Waals surface area contributed by atoms with E-state index in [1.807, 2.05) is 0 Å². The molecule has 0 saturated carbocycles. The van der Waals surface area contributed by atoms with Gasteiger partial charge >= 0.3 is 6.18 Å². The summed E-state index contributed by atoms with van der Waals surface area (Å²) in [5.41, 5.74) is 0.320. The van der Waals surface area contributed by atoms with E-state index < -0.39 is 31.8 Å². The number of nitrogens with zero attached hydrogens (tertiary/aromatic N) is 1. The molecule has 0 unspecified atom stereocenters. The monoisotopic (exact) mass is 545 g/mol. The van der Waals surface area contributed by atoms with Gasteiger partial charge in [-0.25, -0.2) is 26.3 Å². The number of carbonyl (C=O) groups excluding carboxylic acids is 1. The van der Waals surface area contributed by atoms with Crippen molar-refractivity contribution in [1.82, 2.24) is 14.3 Å². The van der Waals surface area contributed by atoms with Gasteiger partial charge in [0.15, 0.2) is 0 Å². The number of alkyl halides is 3. The van der Waals surface area contributed by atoms with Gasteiger partial charge in [0.05, 0.1) is 11.3 Å². The number of rotatable bonds is 10. The molecule has 2 aromatic rings. The molecule has 36 heavy (non-hydrogen) atoms. The van der Waals surface area contributed by atoms with Gasteiger partial charge in [0.25, 0.3) is 5.91 Å². The van der Waals surface area contributed by atoms with Gasteiger partial charge in [0.1, 0.15) is 0 Å². The Morgan fingerprint density at radius 3 is 2.19 bits per heavy atom. The third-order valence-electron chi connectivity index (χ3n) is 5.71. The number of hydrogen-bond acceptors (Lipinski definition) is 5. The van der Waals surface area contributed by atoms with Gasteiger partial charge in [-0.15, -0.1) is 0 Å². The molecule has 3 rings (SSSR count). The summed E-state index contributed by atoms with van der Waals surface area (Å²) in [6.07, 6.45) is -3.09. The molecule has 1 atom stereocenters. The van der Waals surface area contributed by atoms with Gasteiger partial charge in [0, 0.05) is 36.6 Å². The lowest BCUT2D eigenvalue weighted by molar-refractivity contribution is -0.137. The molecule has 0 aromatic heterocycles. The highest BCUT2D eigenvalue weighted by atomic mass is 32.2. The van der Waals surface area contributed by atoms with Gasteiger partial charge in [-0.1, -0.05) is 30.8 Å². The summed E-state index contributed by atoms with van der Waals surface area (Å²) >= 11 is 0. The van der Waals surface area contributed by atoms with Crippen LogP contribution in [0.15, 0.2) is 60.5 Å². The van der Waals surface area contributed by atoms with E-state index in [4.69, 9.17) is 0 Å². The molecule has 1 heterocycles. The van der Waals surface area contributed by atoms with Gasteiger partial charge in [0.2, 0.25) is 20.0 Å². The molecule has 0 spiro atoms. The first kappa shape index (κ1) is 27.8. The van der Waals surface area contributed by atoms with Crippen LogP contribution in [0.1, 0.15) is 39.9 Å². The van der Waals surface area contributed by atoms with Crippen molar-refractivity contribution in [3.8, 4) is 0 Å². The molecule has 1 fully saturated rings. The third kappa shape index (κ3) is 7.63. The lowest BCUT2D eigenvalue weighted by atomic mass is 10.1. The van der Waals surface area contributed by atoms with E-state index in [9.17, 15) is 34.8 Å². The number of sulfonamides is 2. The minimum atomic E-state index is -4.47. The SMILES string of the molecule is C=CS(=O)(=O)NC[C@H]1CCCN1C(=O)c1ccc(CS(=O)(=O)NCc2ccc(C(F)(F)F)cc2)cc1. The van der Waals surface area contributed by atoms with E-state index in [1.54, 1.807) is 4.90 Å². The van der Waals surface area contributed by atoms with E-state index in [-0.39, 0.29) is 30.8 Å². The van der Waals surface area contributed by atoms with Crippen LogP contribution >= 0.6 is 0 Å². The number of benzene rings is 2. The molecule has 0 radical (unpaired) electrons. The average Bonchev–Trinajstić information content (AvgIpc) is 3.30. The van der Waals surface area contributed by atoms with Crippen LogP contribution in [-0.4, -0.2) is 46.8 Å². The van der Waals surface area contributed by atoms with Crippen LogP contribution in [0.3, 0.4) is 0 Å². The topological polar surface area (TPSA) is 113 Å². The van der Waals surface area contributed by atoms with Gasteiger partial charge < -0.3 is 4.90 Å². The molecule has 13 heteroatoms. The Labute approximate surface area is 208 Å². The standard InChI is InChI=1S/C23H26F3N3O5S2/c1-2-35(31,32)28-15-21-4-3-13-29(21)22(30)19-9-5-18(6-10-19)16-36(33,34)27-14-17-7-11-20(12-8-17)23(24,25)26/h2,5-12,21,27-28H,1,3-4,13-16H2/t21-/m1/s1. The quantitative estimate of drug-likeness (QED) is 0.477. The Hall–Kier alpha value is -2.74. The van der Waals surface area contributed by atoms with Crippen LogP contribution in [-0.2, 0) is 38.5 Å². The first-order valence-corrected chi connectivity index (χ1v) is 14.1. The highest BCUT2D eigenvalue weighted by Crippen LogP contribution is 2.29. The molecular weight excluding hydrogens is 519 g/mol. The Morgan fingerprint density at radius 1 is 1.00 bits per heavy atom. The van der Waals surface area contributed by atoms with Crippen molar-refractivity contribution in [3.63, 3.8) is 0 Å². The van der Waals surface area contributed by atoms with Crippen LogP contribution in [0.4, 0.5) is 13.2 Å². The van der Waals surface area contributed by atoms with Crippen molar-refractivity contribution in [3.05, 3.63) is 82.8 Å². The molecule has 1 saturated heterocycles. The molecule has 2 aromatic carbocycles. The maximum absolute atomic E-state index is 12.9. The minimum absolute atomic E-state index is 0.0705. The van der Waals surface area contributed by atoms with Gasteiger partial charge in [-0.05, 0) is 48.2 Å². The summed E-state index contributed by atoms with van der Waals surface area (Å²) in [7, 11) is -7.40. The molecule has 2 N–H and O–H groups in total. The van der Waals surface area contributed by atoms with Crippen molar-refractivity contribution in [2.45, 2.75) is 37.4 Å². The summed E-state index contributed by atoms with van der Waals surface area (Å²) in [5, 5.41) is 0.805. The van der Waals surface area contributed by atoms with Crippen molar-refractivity contribution in [2.24, 2.45) is 0 Å². The molecule has 1 aliphatic rings. The number of amides is 1. The zero-order chi connectivity index (χ0) is 26.6. The predicted molar refractivity (Wildman–Crippen MR) is 129 cm³/mol. The highest BCUT2D eigenvalue weighted by Gasteiger charge is 2.31. The van der Waals surface area contributed by atoms with Gasteiger partial charge in [-0.3, -0.25) is 4.79 Å². The molecule has 1 aliphatic heterocycles. The second kappa shape index (κ2) is 11.1. The second-order valence-corrected chi connectivity index (χ2v) is 11.8. The van der Waals surface area contributed by atoms with E-state index in [0.29, 0.717) is 29.7 Å². The fraction of sp³-hybridized carbons (Fsp3) is 0.348. The first-order valence-electron chi connectivity index (χ1n) is 11.0. The summed E-state index contributed by atoms with van der Waals surface area (Å²) in [5.74, 6) is -0.664. The van der Waals surface area contributed by atoms with Crippen LogP contribution in [0.2, 0.25) is 0 Å². The van der Waals surface area contributed by atoms with Crippen LogP contribution < -0.4 is 9.44 Å². The zero-order valence-electron chi connectivity index (χ0n) is 19.2. The molecule has 8 nitrogen and oxygen atoms in total. The fourth-order valence-electron chi connectivity index (χ4n) is 3.77. The van der Waals surface area contributed by atoms with E-state index >= 15 is 0 Å². The summed E-state index contributed by atoms with van der Waals surface area (Å²) < 4.78 is 90.7. The van der Waals surface area contributed by atoms with Crippen molar-refractivity contribution in [1.29, 1.82) is 0 Å². The number of halogens is 3. The number of hydrogen-bond donors (Lipinski definition) is 2. The number of likely N-dealkylation sites (tertiary alicyclic amines) is 1. The predicted octanol–water partition coefficient (Wildman–Crippen LogP) is 2.99. The average molecular weight is 546 g/mol. The van der Waals surface area contributed by atoms with Crippen LogP contribution in [0.5, 0.6) is 0 Å². The fourth-order valence-corrected chi connectivity index (χ4v) is 5.43. The molecule has 196 valence electrons. The Bertz CT molecular complexity index is 1290. The Balaban J connectivity index is 1.57. The molecular formula is C23H26F3N3O5S2. The number of carbonyl (C=O) groups is 1. The lowest BCUT2D eigenvalue weighted by Crippen LogP contribution is -2.42. The van der Waals surface area contributed by atoms with Crippen molar-refractivity contribution in [2.75, 3.05) is 13.1 Å². The van der Waals surface area contributed by atoms with Crippen molar-refractivity contribution < 1.29 is 34.8 Å². The lowest BCUT2D eigenvalue weighted by Gasteiger charge is -2.25. The smallest absolute Gasteiger partial charge is 0.334 e. The summed E-state index contributed by atoms with van der Waals surface area (Å²) in [4.78, 5) is 14.5. The summed E-state index contributed by atoms with van der Waals surface area (Å²) in [6, 6.07) is 9.92. The highest BCUT2D eigenvalue weighted by molar-refractivity contribution is 7.92. The van der Waals surface area contributed by atoms with E-state index in [0.717, 1.165) is 24.0 Å². The second-order valence-electron chi connectivity index (χ2n) is 8.33. The van der Waals surface area contributed by atoms with Crippen LogP contribution in [0.25, 0.3) is 0 Å². The normalized spacial score (nSPS) is 16.8. The molecule has 1 amide bonds. The largest absolute Gasteiger partial charge is 0.416 e. The van der Waals surface area contributed by atoms with Crippen molar-refractivity contribution >= 4 is 26.0 Å².